The minimum absolute atomic E-state index is 0. The van der Waals surface area contributed by atoms with Crippen molar-refractivity contribution in [1.29, 1.82) is 0 Å². The zero-order chi connectivity index (χ0) is 18.0. The molecule has 0 radical (unpaired) electrons. The number of morpholine rings is 1. The molecular weight excluding hydrogens is 451 g/mol. The lowest BCUT2D eigenvalue weighted by Gasteiger charge is -2.25. The molecule has 1 saturated heterocycles. The molecule has 1 aliphatic rings. The van der Waals surface area contributed by atoms with Crippen molar-refractivity contribution in [3.63, 3.8) is 0 Å². The highest BCUT2D eigenvalue weighted by Gasteiger charge is 2.09. The van der Waals surface area contributed by atoms with Crippen LogP contribution in [0.1, 0.15) is 12.5 Å². The zero-order valence-corrected chi connectivity index (χ0v) is 18.4. The van der Waals surface area contributed by atoms with Crippen LogP contribution in [0.4, 0.5) is 0 Å². The minimum Gasteiger partial charge on any atom is -0.379 e. The smallest absolute Gasteiger partial charge is 0.191 e. The number of fused-ring (bicyclic) bond motifs is 1. The fraction of sp³-hybridized carbons (Fsp3) is 0.476. The van der Waals surface area contributed by atoms with Crippen molar-refractivity contribution in [2.24, 2.45) is 4.99 Å². The molecule has 2 aromatic carbocycles. The molecule has 0 bridgehead atoms. The van der Waals surface area contributed by atoms with Gasteiger partial charge >= 0.3 is 0 Å². The first-order valence-corrected chi connectivity index (χ1v) is 9.66. The van der Waals surface area contributed by atoms with Crippen LogP contribution in [0.3, 0.4) is 0 Å². The lowest BCUT2D eigenvalue weighted by molar-refractivity contribution is 0.0394. The first kappa shape index (κ1) is 21.9. The lowest BCUT2D eigenvalue weighted by Crippen LogP contribution is -2.40. The van der Waals surface area contributed by atoms with E-state index in [0.29, 0.717) is 0 Å². The Morgan fingerprint density at radius 3 is 2.67 bits per heavy atom. The number of hydrogen-bond acceptors (Lipinski definition) is 3. The van der Waals surface area contributed by atoms with Crippen LogP contribution in [0, 0.1) is 0 Å². The largest absolute Gasteiger partial charge is 0.379 e. The molecule has 0 unspecified atom stereocenters. The van der Waals surface area contributed by atoms with Crippen LogP contribution < -0.4 is 10.6 Å². The number of benzene rings is 2. The molecule has 3 rings (SSSR count). The maximum Gasteiger partial charge on any atom is 0.191 e. The molecule has 5 nitrogen and oxygen atoms in total. The van der Waals surface area contributed by atoms with E-state index in [2.05, 4.69) is 64.9 Å². The predicted octanol–water partition coefficient (Wildman–Crippen LogP) is 2.89. The Kier molecular flexibility index (Phi) is 9.86. The van der Waals surface area contributed by atoms with E-state index in [1.165, 1.54) is 16.3 Å². The van der Waals surface area contributed by atoms with E-state index in [1.807, 2.05) is 0 Å². The van der Waals surface area contributed by atoms with E-state index in [9.17, 15) is 0 Å². The van der Waals surface area contributed by atoms with Crippen molar-refractivity contribution in [2.45, 2.75) is 13.3 Å². The summed E-state index contributed by atoms with van der Waals surface area (Å²) < 4.78 is 5.39. The van der Waals surface area contributed by atoms with Crippen molar-refractivity contribution in [3.8, 4) is 0 Å². The summed E-state index contributed by atoms with van der Waals surface area (Å²) in [7, 11) is 0. The van der Waals surface area contributed by atoms with E-state index in [4.69, 9.17) is 9.73 Å². The topological polar surface area (TPSA) is 48.9 Å². The molecule has 6 heteroatoms. The van der Waals surface area contributed by atoms with Crippen LogP contribution in [-0.2, 0) is 11.2 Å². The second-order valence-electron chi connectivity index (χ2n) is 6.53. The van der Waals surface area contributed by atoms with Gasteiger partial charge in [-0.15, -0.1) is 24.0 Å². The van der Waals surface area contributed by atoms with Crippen molar-refractivity contribution < 1.29 is 4.74 Å². The summed E-state index contributed by atoms with van der Waals surface area (Å²) in [6.45, 7) is 9.35. The molecule has 1 aliphatic heterocycles. The van der Waals surface area contributed by atoms with Crippen LogP contribution in [-0.4, -0.2) is 63.3 Å². The van der Waals surface area contributed by atoms with Crippen LogP contribution in [0.2, 0.25) is 0 Å². The molecule has 2 aromatic rings. The van der Waals surface area contributed by atoms with E-state index >= 15 is 0 Å². The van der Waals surface area contributed by atoms with Crippen LogP contribution >= 0.6 is 24.0 Å². The van der Waals surface area contributed by atoms with Gasteiger partial charge in [-0.1, -0.05) is 42.5 Å². The number of guanidine groups is 1. The summed E-state index contributed by atoms with van der Waals surface area (Å²) in [5, 5.41) is 9.45. The quantitative estimate of drug-likeness (QED) is 0.362. The minimum atomic E-state index is 0. The highest BCUT2D eigenvalue weighted by molar-refractivity contribution is 14.0. The van der Waals surface area contributed by atoms with Crippen molar-refractivity contribution in [1.82, 2.24) is 15.5 Å². The standard InChI is InChI=1S/C21H30N4O.HI/c1-2-22-21(24-12-13-25-14-16-26-17-15-25)23-11-10-19-8-5-7-18-6-3-4-9-20(18)19;/h3-9H,2,10-17H2,1H3,(H2,22,23,24);1H. The number of halogens is 1. The van der Waals surface area contributed by atoms with Gasteiger partial charge < -0.3 is 15.4 Å². The molecular formula is C21H31IN4O. The Morgan fingerprint density at radius 1 is 1.07 bits per heavy atom. The second-order valence-corrected chi connectivity index (χ2v) is 6.53. The Balaban J connectivity index is 0.00000261. The molecule has 0 saturated carbocycles. The van der Waals surface area contributed by atoms with E-state index in [0.717, 1.165) is 64.9 Å². The van der Waals surface area contributed by atoms with Crippen molar-refractivity contribution in [3.05, 3.63) is 48.0 Å². The Bertz CT molecular complexity index is 711. The van der Waals surface area contributed by atoms with Crippen LogP contribution in [0.15, 0.2) is 47.5 Å². The molecule has 2 N–H and O–H groups in total. The number of ether oxygens (including phenoxy) is 1. The lowest BCUT2D eigenvalue weighted by atomic mass is 10.0. The molecule has 0 aliphatic carbocycles. The number of aliphatic imine (C=N–C) groups is 1. The van der Waals surface area contributed by atoms with Gasteiger partial charge in [0, 0.05) is 32.7 Å². The summed E-state index contributed by atoms with van der Waals surface area (Å²) in [5.41, 5.74) is 1.37. The van der Waals surface area contributed by atoms with Gasteiger partial charge in [-0.2, -0.15) is 0 Å². The molecule has 1 fully saturated rings. The fourth-order valence-corrected chi connectivity index (χ4v) is 3.30. The average molecular weight is 482 g/mol. The predicted molar refractivity (Wildman–Crippen MR) is 124 cm³/mol. The second kappa shape index (κ2) is 12.2. The third-order valence-corrected chi connectivity index (χ3v) is 4.70. The van der Waals surface area contributed by atoms with Gasteiger partial charge in [0.2, 0.25) is 0 Å². The zero-order valence-electron chi connectivity index (χ0n) is 16.1. The van der Waals surface area contributed by atoms with Gasteiger partial charge in [-0.05, 0) is 29.7 Å². The van der Waals surface area contributed by atoms with Gasteiger partial charge in [-0.25, -0.2) is 0 Å². The Hall–Kier alpha value is -1.38. The number of nitrogens with zero attached hydrogens (tertiary/aromatic N) is 2. The van der Waals surface area contributed by atoms with Gasteiger partial charge in [0.15, 0.2) is 5.96 Å². The molecule has 1 heterocycles. The Morgan fingerprint density at radius 2 is 1.85 bits per heavy atom. The summed E-state index contributed by atoms with van der Waals surface area (Å²) >= 11 is 0. The van der Waals surface area contributed by atoms with Crippen LogP contribution in [0.25, 0.3) is 10.8 Å². The van der Waals surface area contributed by atoms with Gasteiger partial charge in [0.05, 0.1) is 19.8 Å². The monoisotopic (exact) mass is 482 g/mol. The summed E-state index contributed by atoms with van der Waals surface area (Å²) in [6, 6.07) is 15.1. The first-order chi connectivity index (χ1) is 12.9. The number of hydrogen-bond donors (Lipinski definition) is 2. The fourth-order valence-electron chi connectivity index (χ4n) is 3.30. The SMILES string of the molecule is CCNC(=NCCN1CCOCC1)NCCc1cccc2ccccc12.I. The van der Waals surface area contributed by atoms with Gasteiger partial charge in [-0.3, -0.25) is 9.89 Å². The maximum absolute atomic E-state index is 5.39. The highest BCUT2D eigenvalue weighted by atomic mass is 127. The average Bonchev–Trinajstić information content (AvgIpc) is 2.69. The van der Waals surface area contributed by atoms with Gasteiger partial charge in [0.1, 0.15) is 0 Å². The summed E-state index contributed by atoms with van der Waals surface area (Å²) in [6.07, 6.45) is 0.981. The van der Waals surface area contributed by atoms with E-state index in [-0.39, 0.29) is 24.0 Å². The third kappa shape index (κ3) is 6.93. The number of rotatable bonds is 7. The summed E-state index contributed by atoms with van der Waals surface area (Å²) in [5.74, 6) is 0.904. The van der Waals surface area contributed by atoms with Crippen molar-refractivity contribution >= 4 is 40.7 Å². The van der Waals surface area contributed by atoms with E-state index in [1.54, 1.807) is 0 Å². The Labute approximate surface area is 179 Å². The molecule has 27 heavy (non-hydrogen) atoms. The van der Waals surface area contributed by atoms with Crippen molar-refractivity contribution in [2.75, 3.05) is 52.5 Å². The normalized spacial score (nSPS) is 15.4. The third-order valence-electron chi connectivity index (χ3n) is 4.70. The molecule has 148 valence electrons. The highest BCUT2D eigenvalue weighted by Crippen LogP contribution is 2.18. The van der Waals surface area contributed by atoms with Crippen LogP contribution in [0.5, 0.6) is 0 Å². The van der Waals surface area contributed by atoms with E-state index < -0.39 is 0 Å². The number of nitrogens with one attached hydrogen (secondary N) is 2. The summed E-state index contributed by atoms with van der Waals surface area (Å²) in [4.78, 5) is 7.12. The first-order valence-electron chi connectivity index (χ1n) is 9.66. The molecule has 0 spiro atoms. The molecule has 0 atom stereocenters. The molecule has 0 aromatic heterocycles. The maximum atomic E-state index is 5.39. The molecule has 0 amide bonds. The van der Waals surface area contributed by atoms with Gasteiger partial charge in [0.25, 0.3) is 0 Å².